The summed E-state index contributed by atoms with van der Waals surface area (Å²) in [6.45, 7) is 11.9. The Hall–Kier alpha value is -6.96. The van der Waals surface area contributed by atoms with Gasteiger partial charge in [-0.3, -0.25) is 9.59 Å². The Balaban J connectivity index is 0.000000389. The van der Waals surface area contributed by atoms with Gasteiger partial charge >= 0.3 is 24.0 Å². The van der Waals surface area contributed by atoms with Crippen molar-refractivity contribution in [2.45, 2.75) is 127 Å². The molecule has 5 rings (SSSR count). The number of hydrogen-bond acceptors (Lipinski definition) is 16. The summed E-state index contributed by atoms with van der Waals surface area (Å²) in [5.74, 6) is -3.64. The number of rotatable bonds is 23. The average Bonchev–Trinajstić information content (AvgIpc) is 4.05. The zero-order valence-corrected chi connectivity index (χ0v) is 43.1. The average molecular weight is 1050 g/mol. The molecule has 0 spiro atoms. The number of urea groups is 2. The van der Waals surface area contributed by atoms with Crippen molar-refractivity contribution in [1.82, 2.24) is 47.0 Å². The normalized spacial score (nSPS) is 14.8. The van der Waals surface area contributed by atoms with Crippen molar-refractivity contribution in [2.75, 3.05) is 6.61 Å². The van der Waals surface area contributed by atoms with E-state index in [2.05, 4.69) is 47.0 Å². The number of aromatic nitrogens is 4. The Kier molecular flexibility index (Phi) is 21.8. The van der Waals surface area contributed by atoms with E-state index >= 15 is 0 Å². The topological polar surface area (TPSA) is 356 Å². The molecule has 24 heteroatoms. The van der Waals surface area contributed by atoms with Gasteiger partial charge in [0.1, 0.15) is 25.6 Å². The lowest BCUT2D eigenvalue weighted by Crippen LogP contribution is -2.54. The van der Waals surface area contributed by atoms with Crippen LogP contribution in [0.1, 0.15) is 128 Å². The van der Waals surface area contributed by atoms with Gasteiger partial charge in [-0.05, 0) is 57.7 Å². The SMILES string of the molecule is CC(O)[C@H](NC(=O)N[C@@H](CC(N)=O)c1nnc([C@@H](N)CO)s1)C(=O)O.CC[C@H](C)c1nnc([C@H](CC(=O)NC(c2ccccc2)(c2ccccc2)c2ccccc2)NC(=O)N[C@H](C(=O)O)C(C)OC(C)(C)C)s1. The van der Waals surface area contributed by atoms with Crippen molar-refractivity contribution in [3.05, 3.63) is 128 Å². The summed E-state index contributed by atoms with van der Waals surface area (Å²) in [6, 6.07) is 21.9. The Morgan fingerprint density at radius 1 is 0.644 bits per heavy atom. The van der Waals surface area contributed by atoms with Gasteiger partial charge in [-0.1, -0.05) is 128 Å². The number of nitrogens with zero attached hydrogens (tertiary/aromatic N) is 4. The molecule has 394 valence electrons. The number of aliphatic carboxylic acids is 2. The van der Waals surface area contributed by atoms with E-state index in [1.54, 1.807) is 6.92 Å². The molecule has 2 unspecified atom stereocenters. The van der Waals surface area contributed by atoms with Crippen LogP contribution in [0.25, 0.3) is 0 Å². The molecule has 2 heterocycles. The first-order valence-corrected chi connectivity index (χ1v) is 24.9. The van der Waals surface area contributed by atoms with Crippen LogP contribution in [-0.4, -0.2) is 113 Å². The molecule has 0 aliphatic heterocycles. The van der Waals surface area contributed by atoms with E-state index in [1.165, 1.54) is 18.3 Å². The number of nitrogens with one attached hydrogen (secondary N) is 5. The number of carbonyl (C=O) groups excluding carboxylic acids is 4. The fraction of sp³-hybridized carbons (Fsp3) is 0.429. The first kappa shape index (κ1) is 58.6. The first-order valence-electron chi connectivity index (χ1n) is 23.2. The van der Waals surface area contributed by atoms with Gasteiger partial charge in [-0.25, -0.2) is 19.2 Å². The van der Waals surface area contributed by atoms with E-state index in [1.807, 2.05) is 126 Å². The summed E-state index contributed by atoms with van der Waals surface area (Å²) in [4.78, 5) is 74.0. The van der Waals surface area contributed by atoms with Crippen LogP contribution < -0.4 is 38.1 Å². The number of amides is 6. The second-order valence-corrected chi connectivity index (χ2v) is 20.1. The maximum absolute atomic E-state index is 14.3. The minimum absolute atomic E-state index is 0.133. The van der Waals surface area contributed by atoms with E-state index in [0.717, 1.165) is 39.5 Å². The van der Waals surface area contributed by atoms with Crippen molar-refractivity contribution in [3.8, 4) is 0 Å². The van der Waals surface area contributed by atoms with Crippen LogP contribution in [0.2, 0.25) is 0 Å². The van der Waals surface area contributed by atoms with Gasteiger partial charge in [0.25, 0.3) is 0 Å². The quantitative estimate of drug-likeness (QED) is 0.0410. The number of hydrogen-bond donors (Lipinski definition) is 11. The van der Waals surface area contributed by atoms with E-state index in [0.29, 0.717) is 10.0 Å². The molecule has 3 aromatic carbocycles. The minimum Gasteiger partial charge on any atom is -0.480 e. The lowest BCUT2D eigenvalue weighted by molar-refractivity contribution is -0.147. The number of carboxylic acids is 2. The largest absolute Gasteiger partial charge is 0.480 e. The Bertz CT molecular complexity index is 2490. The van der Waals surface area contributed by atoms with Crippen LogP contribution in [0.15, 0.2) is 91.0 Å². The molecule has 8 atom stereocenters. The van der Waals surface area contributed by atoms with Gasteiger partial charge in [0, 0.05) is 5.92 Å². The molecule has 22 nitrogen and oxygen atoms in total. The molecule has 73 heavy (non-hydrogen) atoms. The smallest absolute Gasteiger partial charge is 0.328 e. The molecule has 6 amide bonds. The van der Waals surface area contributed by atoms with Gasteiger partial charge in [-0.15, -0.1) is 20.4 Å². The third kappa shape index (κ3) is 17.1. The summed E-state index contributed by atoms with van der Waals surface area (Å²) in [6.07, 6.45) is -1.84. The molecule has 0 aliphatic carbocycles. The third-order valence-electron chi connectivity index (χ3n) is 11.0. The third-order valence-corrected chi connectivity index (χ3v) is 13.4. The highest BCUT2D eigenvalue weighted by molar-refractivity contribution is 7.11. The van der Waals surface area contributed by atoms with Crippen LogP contribution in [-0.2, 0) is 29.5 Å². The summed E-state index contributed by atoms with van der Waals surface area (Å²) in [5, 5.41) is 68.3. The maximum atomic E-state index is 14.3. The molecular weight excluding hydrogens is 983 g/mol. The van der Waals surface area contributed by atoms with Gasteiger partial charge in [0.2, 0.25) is 11.8 Å². The predicted octanol–water partition coefficient (Wildman–Crippen LogP) is 4.13. The monoisotopic (exact) mass is 1050 g/mol. The number of nitrogens with two attached hydrogens (primary N) is 2. The number of benzene rings is 3. The van der Waals surface area contributed by atoms with Crippen molar-refractivity contribution in [2.24, 2.45) is 11.5 Å². The molecule has 0 aliphatic rings. The van der Waals surface area contributed by atoms with E-state index in [4.69, 9.17) is 26.4 Å². The van der Waals surface area contributed by atoms with Crippen LogP contribution in [0.4, 0.5) is 9.59 Å². The standard InChI is InChI=1S/C37H45N5O5S.C12H20N6O6S/c1-7-24(2)32-41-42-33(48-32)29(38-35(46)39-31(34(44)45)25(3)47-36(4,5)6)23-30(43)40-37(26-17-11-8-12-18-26,27-19-13-9-14-20-27)28-21-15-10-16-22-28;1-4(20)8(11(22)23)16-12(24)15-6(2-7(14)21)10-18-17-9(25-10)5(13)3-19/h8-22,24-25,29,31H,7,23H2,1-6H3,(H,40,43)(H,44,45)(H2,38,39,46);4-6,8,19-20H,2-3,13H2,1H3,(H2,14,21)(H,22,23)(H2,15,16,24)/t24-,25?,29-,31-;4?,5-,6-,8-/m00/s1. The number of aliphatic hydroxyl groups is 2. The molecule has 0 bridgehead atoms. The summed E-state index contributed by atoms with van der Waals surface area (Å²) < 4.78 is 5.83. The summed E-state index contributed by atoms with van der Waals surface area (Å²) in [7, 11) is 0. The van der Waals surface area contributed by atoms with Gasteiger partial charge in [0.05, 0.1) is 55.4 Å². The van der Waals surface area contributed by atoms with Crippen LogP contribution >= 0.6 is 22.7 Å². The summed E-state index contributed by atoms with van der Waals surface area (Å²) in [5.41, 5.74) is 11.6. The van der Waals surface area contributed by atoms with Crippen molar-refractivity contribution < 1.29 is 53.9 Å². The van der Waals surface area contributed by atoms with Crippen LogP contribution in [0.3, 0.4) is 0 Å². The minimum atomic E-state index is -1.54. The molecule has 0 fully saturated rings. The number of ether oxygens (including phenoxy) is 1. The fourth-order valence-electron chi connectivity index (χ4n) is 7.28. The Morgan fingerprint density at radius 3 is 1.45 bits per heavy atom. The van der Waals surface area contributed by atoms with Crippen molar-refractivity contribution in [3.63, 3.8) is 0 Å². The number of primary amides is 1. The number of aliphatic hydroxyl groups excluding tert-OH is 2. The van der Waals surface area contributed by atoms with Crippen LogP contribution in [0, 0.1) is 0 Å². The highest BCUT2D eigenvalue weighted by atomic mass is 32.1. The number of carboxylic acid groups (broad SMARTS) is 2. The number of carbonyl (C=O) groups is 6. The van der Waals surface area contributed by atoms with Gasteiger partial charge < -0.3 is 63.2 Å². The molecule has 5 aromatic rings. The van der Waals surface area contributed by atoms with Gasteiger partial charge in [0.15, 0.2) is 12.1 Å². The van der Waals surface area contributed by atoms with Gasteiger partial charge in [-0.2, -0.15) is 0 Å². The molecular formula is C49H65N11O11S2. The zero-order valence-electron chi connectivity index (χ0n) is 41.5. The molecule has 0 saturated heterocycles. The van der Waals surface area contributed by atoms with E-state index in [9.17, 15) is 39.0 Å². The predicted molar refractivity (Wildman–Crippen MR) is 272 cm³/mol. The second-order valence-electron chi connectivity index (χ2n) is 18.0. The van der Waals surface area contributed by atoms with Crippen LogP contribution in [0.5, 0.6) is 0 Å². The second kappa shape index (κ2) is 27.2. The lowest BCUT2D eigenvalue weighted by Gasteiger charge is -2.37. The zero-order chi connectivity index (χ0) is 54.0. The maximum Gasteiger partial charge on any atom is 0.328 e. The van der Waals surface area contributed by atoms with E-state index < -0.39 is 83.5 Å². The van der Waals surface area contributed by atoms with E-state index in [-0.39, 0.29) is 36.3 Å². The highest BCUT2D eigenvalue weighted by Gasteiger charge is 2.39. The molecule has 0 saturated carbocycles. The highest BCUT2D eigenvalue weighted by Crippen LogP contribution is 2.37. The summed E-state index contributed by atoms with van der Waals surface area (Å²) >= 11 is 2.28. The van der Waals surface area contributed by atoms with Crippen molar-refractivity contribution >= 4 is 58.5 Å². The van der Waals surface area contributed by atoms with Crippen molar-refractivity contribution in [1.29, 1.82) is 0 Å². The Morgan fingerprint density at radius 2 is 1.05 bits per heavy atom. The fourth-order valence-corrected chi connectivity index (χ4v) is 9.20. The lowest BCUT2D eigenvalue weighted by atomic mass is 9.77. The first-order chi connectivity index (χ1) is 34.5. The Labute approximate surface area is 430 Å². The molecule has 0 radical (unpaired) electrons. The molecule has 2 aromatic heterocycles. The molecule has 13 N–H and O–H groups in total.